The van der Waals surface area contributed by atoms with E-state index < -0.39 is 14.5 Å². The van der Waals surface area contributed by atoms with E-state index in [1.807, 2.05) is 6.07 Å². The number of nitrogens with one attached hydrogen (secondary N) is 3. The van der Waals surface area contributed by atoms with E-state index in [2.05, 4.69) is 22.5 Å². The minimum absolute atomic E-state index is 0.241. The van der Waals surface area contributed by atoms with Gasteiger partial charge in [-0.2, -0.15) is 0 Å². The summed E-state index contributed by atoms with van der Waals surface area (Å²) in [6.45, 7) is 6.30. The number of morpholine rings is 1. The van der Waals surface area contributed by atoms with E-state index in [4.69, 9.17) is 19.5 Å². The van der Waals surface area contributed by atoms with E-state index in [1.54, 1.807) is 6.26 Å². The molecule has 0 bridgehead atoms. The molecule has 160 valence electrons. The number of hydrogen-bond donors (Lipinski definition) is 3. The second-order valence-electron chi connectivity index (χ2n) is 9.16. The van der Waals surface area contributed by atoms with Gasteiger partial charge in [0.05, 0.1) is 45.6 Å². The van der Waals surface area contributed by atoms with Gasteiger partial charge in [0, 0.05) is 24.8 Å². The van der Waals surface area contributed by atoms with Crippen LogP contribution in [0.15, 0.2) is 6.07 Å². The van der Waals surface area contributed by atoms with Gasteiger partial charge in [0.1, 0.15) is 11.6 Å². The number of hydrogen-bond acceptors (Lipinski definition) is 8. The van der Waals surface area contributed by atoms with Crippen LogP contribution in [0.5, 0.6) is 0 Å². The fraction of sp³-hybridized carbons (Fsp3) is 0.800. The van der Waals surface area contributed by atoms with Crippen molar-refractivity contribution in [3.8, 4) is 0 Å². The normalized spacial score (nSPS) is 35.7. The zero-order valence-electron chi connectivity index (χ0n) is 17.3. The number of rotatable bonds is 4. The van der Waals surface area contributed by atoms with Crippen molar-refractivity contribution in [2.45, 2.75) is 55.5 Å². The molecule has 3 aliphatic heterocycles. The van der Waals surface area contributed by atoms with Gasteiger partial charge in [0.15, 0.2) is 0 Å². The first-order valence-electron chi connectivity index (χ1n) is 10.8. The lowest BCUT2D eigenvalue weighted by Crippen LogP contribution is -2.48. The molecule has 0 radical (unpaired) electrons. The van der Waals surface area contributed by atoms with E-state index in [1.165, 1.54) is 0 Å². The van der Waals surface area contributed by atoms with Crippen molar-refractivity contribution in [1.82, 2.24) is 20.6 Å². The van der Waals surface area contributed by atoms with E-state index in [9.17, 15) is 4.21 Å². The molecule has 0 amide bonds. The number of aromatic nitrogens is 2. The largest absolute Gasteiger partial charge is 0.377 e. The number of piperidine rings is 1. The summed E-state index contributed by atoms with van der Waals surface area (Å²) in [4.78, 5) is 12.4. The monoisotopic (exact) mass is 420 g/mol. The van der Waals surface area contributed by atoms with Gasteiger partial charge in [0.2, 0.25) is 0 Å². The molecule has 1 saturated carbocycles. The Morgan fingerprint density at radius 1 is 1.28 bits per heavy atom. The number of anilines is 1. The Balaban J connectivity index is 1.59. The van der Waals surface area contributed by atoms with Crippen LogP contribution in [0.4, 0.5) is 5.82 Å². The summed E-state index contributed by atoms with van der Waals surface area (Å²) >= 11 is 0. The highest BCUT2D eigenvalue weighted by Gasteiger charge is 2.53. The van der Waals surface area contributed by atoms with Crippen molar-refractivity contribution in [3.05, 3.63) is 17.6 Å². The molecule has 29 heavy (non-hydrogen) atoms. The van der Waals surface area contributed by atoms with Crippen LogP contribution in [0.1, 0.15) is 50.0 Å². The molecule has 4 fully saturated rings. The Morgan fingerprint density at radius 2 is 2.03 bits per heavy atom. The van der Waals surface area contributed by atoms with Crippen molar-refractivity contribution < 1.29 is 8.95 Å². The molecule has 1 aliphatic carbocycles. The van der Waals surface area contributed by atoms with Gasteiger partial charge in [-0.25, -0.2) is 14.2 Å². The van der Waals surface area contributed by atoms with Gasteiger partial charge in [0.25, 0.3) is 0 Å². The molecule has 0 aromatic carbocycles. The molecule has 4 heterocycles. The molecule has 1 aromatic rings. The third-order valence-corrected chi connectivity index (χ3v) is 9.36. The van der Waals surface area contributed by atoms with Gasteiger partial charge < -0.3 is 20.3 Å². The summed E-state index contributed by atoms with van der Waals surface area (Å²) in [6.07, 6.45) is 5.58. The summed E-state index contributed by atoms with van der Waals surface area (Å²) in [5.41, 5.74) is 0.819. The topological polar surface area (TPSA) is 103 Å². The molecule has 4 aliphatic rings. The van der Waals surface area contributed by atoms with E-state index in [0.29, 0.717) is 31.2 Å². The highest BCUT2D eigenvalue weighted by atomic mass is 32.2. The van der Waals surface area contributed by atoms with Crippen molar-refractivity contribution in [3.63, 3.8) is 0 Å². The predicted octanol–water partition coefficient (Wildman–Crippen LogP) is 1.38. The van der Waals surface area contributed by atoms with Crippen molar-refractivity contribution in [2.24, 2.45) is 5.92 Å². The Labute approximate surface area is 173 Å². The molecule has 0 spiro atoms. The molecule has 9 heteroatoms. The van der Waals surface area contributed by atoms with E-state index >= 15 is 0 Å². The Bertz CT molecular complexity index is 887. The standard InChI is InChI=1S/C20H32N6O2S/c1-13-12-28-10-9-26(13)17-11-16(20(5-6-20)29(2,21)27)24-19(25-17)15-4-8-23-18-14(15)3-7-22-18/h11,13-15,18,21-23H,3-10,12H2,1-2H3. The maximum atomic E-state index is 12.8. The van der Waals surface area contributed by atoms with Crippen molar-refractivity contribution in [2.75, 3.05) is 44.0 Å². The minimum Gasteiger partial charge on any atom is -0.377 e. The van der Waals surface area contributed by atoms with Crippen LogP contribution in [-0.2, 0) is 19.2 Å². The molecule has 5 rings (SSSR count). The minimum atomic E-state index is -2.73. The summed E-state index contributed by atoms with van der Waals surface area (Å²) in [5.74, 6) is 2.56. The first-order valence-corrected chi connectivity index (χ1v) is 12.8. The second-order valence-corrected chi connectivity index (χ2v) is 11.6. The summed E-state index contributed by atoms with van der Waals surface area (Å²) in [6, 6.07) is 2.26. The van der Waals surface area contributed by atoms with Crippen molar-refractivity contribution in [1.29, 1.82) is 4.78 Å². The molecule has 5 atom stereocenters. The summed E-state index contributed by atoms with van der Waals surface area (Å²) in [5, 5.41) is 7.13. The molecule has 3 N–H and O–H groups in total. The third-order valence-electron chi connectivity index (χ3n) is 7.25. The number of ether oxygens (including phenoxy) is 1. The SMILES string of the molecule is CC1COCCN1c1cc(C2(S(C)(=N)=O)CC2)nc(C2CCNC3NCCC32)n1. The number of nitrogens with zero attached hydrogens (tertiary/aromatic N) is 3. The summed E-state index contributed by atoms with van der Waals surface area (Å²) in [7, 11) is -2.73. The van der Waals surface area contributed by atoms with E-state index in [-0.39, 0.29) is 6.04 Å². The fourth-order valence-electron chi connectivity index (χ4n) is 5.33. The average molecular weight is 421 g/mol. The quantitative estimate of drug-likeness (QED) is 0.676. The van der Waals surface area contributed by atoms with Crippen molar-refractivity contribution >= 4 is 15.5 Å². The van der Waals surface area contributed by atoms with Crippen LogP contribution in [0, 0.1) is 10.7 Å². The highest BCUT2D eigenvalue weighted by molar-refractivity contribution is 7.92. The Hall–Kier alpha value is -1.29. The van der Waals surface area contributed by atoms with Crippen LogP contribution in [0.3, 0.4) is 0 Å². The lowest BCUT2D eigenvalue weighted by molar-refractivity contribution is 0.0984. The lowest BCUT2D eigenvalue weighted by Gasteiger charge is -2.37. The molecular weight excluding hydrogens is 388 g/mol. The van der Waals surface area contributed by atoms with Crippen LogP contribution in [0.25, 0.3) is 0 Å². The number of fused-ring (bicyclic) bond motifs is 1. The van der Waals surface area contributed by atoms with Crippen LogP contribution in [0.2, 0.25) is 0 Å². The predicted molar refractivity (Wildman–Crippen MR) is 113 cm³/mol. The van der Waals surface area contributed by atoms with Gasteiger partial charge >= 0.3 is 0 Å². The zero-order valence-corrected chi connectivity index (χ0v) is 18.1. The van der Waals surface area contributed by atoms with Gasteiger partial charge in [-0.15, -0.1) is 0 Å². The summed E-state index contributed by atoms with van der Waals surface area (Å²) < 4.78 is 26.2. The molecule has 1 aromatic heterocycles. The lowest BCUT2D eigenvalue weighted by atomic mass is 9.83. The van der Waals surface area contributed by atoms with E-state index in [0.717, 1.165) is 62.7 Å². The first-order chi connectivity index (χ1) is 13.9. The maximum Gasteiger partial charge on any atom is 0.134 e. The molecule has 8 nitrogen and oxygen atoms in total. The second kappa shape index (κ2) is 7.14. The first kappa shape index (κ1) is 19.7. The fourth-order valence-corrected chi connectivity index (χ4v) is 6.72. The molecule has 3 saturated heterocycles. The van der Waals surface area contributed by atoms with Crippen LogP contribution >= 0.6 is 0 Å². The highest BCUT2D eigenvalue weighted by Crippen LogP contribution is 2.53. The van der Waals surface area contributed by atoms with Gasteiger partial charge in [-0.05, 0) is 51.6 Å². The Kier molecular flexibility index (Phi) is 4.84. The third kappa shape index (κ3) is 3.36. The van der Waals surface area contributed by atoms with Gasteiger partial charge in [-0.1, -0.05) is 0 Å². The smallest absolute Gasteiger partial charge is 0.134 e. The van der Waals surface area contributed by atoms with Gasteiger partial charge in [-0.3, -0.25) is 4.78 Å². The average Bonchev–Trinajstić information content (AvgIpc) is 3.39. The molecule has 5 unspecified atom stereocenters. The van der Waals surface area contributed by atoms with Crippen LogP contribution in [-0.4, -0.2) is 65.5 Å². The van der Waals surface area contributed by atoms with Crippen LogP contribution < -0.4 is 15.5 Å². The molecular formula is C20H32N6O2S. The zero-order chi connectivity index (χ0) is 20.2. The maximum absolute atomic E-state index is 12.8. The Morgan fingerprint density at radius 3 is 2.72 bits per heavy atom.